The van der Waals surface area contributed by atoms with Crippen LogP contribution >= 0.6 is 0 Å². The van der Waals surface area contributed by atoms with Crippen molar-refractivity contribution in [2.24, 2.45) is 0 Å². The number of ether oxygens (including phenoxy) is 2. The van der Waals surface area contributed by atoms with E-state index >= 15 is 0 Å². The molecular weight excluding hydrogens is 270 g/mol. The van der Waals surface area contributed by atoms with Gasteiger partial charge < -0.3 is 19.9 Å². The van der Waals surface area contributed by atoms with Crippen LogP contribution in [0.4, 0.5) is 5.69 Å². The highest BCUT2D eigenvalue weighted by Crippen LogP contribution is 2.26. The second kappa shape index (κ2) is 6.17. The zero-order valence-corrected chi connectivity index (χ0v) is 12.1. The van der Waals surface area contributed by atoms with Crippen LogP contribution in [0.5, 0.6) is 17.2 Å². The van der Waals surface area contributed by atoms with Crippen LogP contribution in [0.3, 0.4) is 0 Å². The number of carbonyl (C=O) groups excluding carboxylic acids is 1. The van der Waals surface area contributed by atoms with E-state index in [1.54, 1.807) is 51.5 Å². The second-order valence-corrected chi connectivity index (χ2v) is 4.56. The molecule has 0 atom stereocenters. The van der Waals surface area contributed by atoms with Crippen LogP contribution in [0.1, 0.15) is 15.9 Å². The van der Waals surface area contributed by atoms with Crippen LogP contribution in [0.25, 0.3) is 0 Å². The van der Waals surface area contributed by atoms with Crippen molar-refractivity contribution in [1.82, 2.24) is 0 Å². The molecule has 1 amide bonds. The van der Waals surface area contributed by atoms with E-state index in [0.717, 1.165) is 5.56 Å². The van der Waals surface area contributed by atoms with Gasteiger partial charge >= 0.3 is 0 Å². The quantitative estimate of drug-likeness (QED) is 0.907. The van der Waals surface area contributed by atoms with Crippen LogP contribution in [0.15, 0.2) is 36.4 Å². The van der Waals surface area contributed by atoms with E-state index in [1.165, 1.54) is 6.07 Å². The molecule has 0 saturated carbocycles. The number of aryl methyl sites for hydroxylation is 1. The Labute approximate surface area is 123 Å². The number of hydrogen-bond donors (Lipinski definition) is 2. The van der Waals surface area contributed by atoms with Gasteiger partial charge in [0, 0.05) is 29.4 Å². The highest BCUT2D eigenvalue weighted by atomic mass is 16.5. The van der Waals surface area contributed by atoms with Gasteiger partial charge in [0.2, 0.25) is 0 Å². The Bertz CT molecular complexity index is 645. The maximum Gasteiger partial charge on any atom is 0.255 e. The number of rotatable bonds is 4. The van der Waals surface area contributed by atoms with Crippen LogP contribution < -0.4 is 14.8 Å². The van der Waals surface area contributed by atoms with E-state index in [-0.39, 0.29) is 11.7 Å². The minimum atomic E-state index is -0.319. The Morgan fingerprint density at radius 1 is 1.05 bits per heavy atom. The maximum absolute atomic E-state index is 12.2. The van der Waals surface area contributed by atoms with Crippen LogP contribution in [0.2, 0.25) is 0 Å². The van der Waals surface area contributed by atoms with E-state index < -0.39 is 0 Å². The molecule has 0 bridgehead atoms. The molecule has 0 saturated heterocycles. The van der Waals surface area contributed by atoms with Crippen LogP contribution in [0, 0.1) is 6.92 Å². The minimum Gasteiger partial charge on any atom is -0.508 e. The predicted molar refractivity (Wildman–Crippen MR) is 80.3 cm³/mol. The number of anilines is 1. The average Bonchev–Trinajstić information content (AvgIpc) is 2.49. The van der Waals surface area contributed by atoms with Crippen molar-refractivity contribution in [3.8, 4) is 17.2 Å². The van der Waals surface area contributed by atoms with E-state index in [1.807, 2.05) is 0 Å². The van der Waals surface area contributed by atoms with Crippen LogP contribution in [-0.2, 0) is 0 Å². The van der Waals surface area contributed by atoms with Gasteiger partial charge in [-0.1, -0.05) is 6.07 Å². The third kappa shape index (κ3) is 3.45. The van der Waals surface area contributed by atoms with Crippen molar-refractivity contribution >= 4 is 11.6 Å². The topological polar surface area (TPSA) is 67.8 Å². The molecular formula is C16H17NO4. The first-order chi connectivity index (χ1) is 10.0. The standard InChI is InChI=1S/C16H17NO4/c1-10-4-5-11(6-15(10)18)16(19)17-12-7-13(20-2)9-14(8-12)21-3/h4-9,18H,1-3H3,(H,17,19). The number of benzene rings is 2. The van der Waals surface area contributed by atoms with Crippen molar-refractivity contribution in [2.75, 3.05) is 19.5 Å². The molecule has 0 fully saturated rings. The molecule has 5 nitrogen and oxygen atoms in total. The van der Waals surface area contributed by atoms with Crippen molar-refractivity contribution in [1.29, 1.82) is 0 Å². The number of hydrogen-bond acceptors (Lipinski definition) is 4. The zero-order valence-electron chi connectivity index (χ0n) is 12.1. The summed E-state index contributed by atoms with van der Waals surface area (Å²) in [5.41, 5.74) is 1.64. The molecule has 0 radical (unpaired) electrons. The Hall–Kier alpha value is -2.69. The maximum atomic E-state index is 12.2. The van der Waals surface area contributed by atoms with Gasteiger partial charge in [-0.05, 0) is 24.6 Å². The van der Waals surface area contributed by atoms with Gasteiger partial charge in [0.25, 0.3) is 5.91 Å². The van der Waals surface area contributed by atoms with E-state index in [0.29, 0.717) is 22.7 Å². The second-order valence-electron chi connectivity index (χ2n) is 4.56. The Balaban J connectivity index is 2.24. The normalized spacial score (nSPS) is 10.0. The lowest BCUT2D eigenvalue weighted by atomic mass is 10.1. The molecule has 2 N–H and O–H groups in total. The van der Waals surface area contributed by atoms with E-state index in [2.05, 4.69) is 5.32 Å². The summed E-state index contributed by atoms with van der Waals surface area (Å²) in [4.78, 5) is 12.2. The minimum absolute atomic E-state index is 0.0888. The first-order valence-corrected chi connectivity index (χ1v) is 6.37. The van der Waals surface area contributed by atoms with Gasteiger partial charge in [-0.3, -0.25) is 4.79 Å². The molecule has 0 spiro atoms. The summed E-state index contributed by atoms with van der Waals surface area (Å²) in [5, 5.41) is 12.4. The largest absolute Gasteiger partial charge is 0.508 e. The number of methoxy groups -OCH3 is 2. The number of nitrogens with one attached hydrogen (secondary N) is 1. The fraction of sp³-hybridized carbons (Fsp3) is 0.188. The van der Waals surface area contributed by atoms with Crippen LogP contribution in [-0.4, -0.2) is 25.2 Å². The summed E-state index contributed by atoms with van der Waals surface area (Å²) >= 11 is 0. The lowest BCUT2D eigenvalue weighted by Gasteiger charge is -2.10. The van der Waals surface area contributed by atoms with Crippen molar-refractivity contribution in [3.05, 3.63) is 47.5 Å². The number of phenolic OH excluding ortho intramolecular Hbond substituents is 1. The summed E-state index contributed by atoms with van der Waals surface area (Å²) in [6.07, 6.45) is 0. The van der Waals surface area contributed by atoms with Gasteiger partial charge in [-0.2, -0.15) is 0 Å². The molecule has 0 aliphatic heterocycles. The summed E-state index contributed by atoms with van der Waals surface area (Å²) in [6.45, 7) is 1.77. The summed E-state index contributed by atoms with van der Waals surface area (Å²) < 4.78 is 10.3. The third-order valence-corrected chi connectivity index (χ3v) is 3.08. The lowest BCUT2D eigenvalue weighted by molar-refractivity contribution is 0.102. The highest BCUT2D eigenvalue weighted by Gasteiger charge is 2.10. The Morgan fingerprint density at radius 2 is 1.67 bits per heavy atom. The SMILES string of the molecule is COc1cc(NC(=O)c2ccc(C)c(O)c2)cc(OC)c1. The van der Waals surface area contributed by atoms with E-state index in [4.69, 9.17) is 9.47 Å². The molecule has 0 aliphatic rings. The third-order valence-electron chi connectivity index (χ3n) is 3.08. The molecule has 2 aromatic rings. The Morgan fingerprint density at radius 3 is 2.19 bits per heavy atom. The molecule has 0 unspecified atom stereocenters. The number of amides is 1. The van der Waals surface area contributed by atoms with Gasteiger partial charge in [-0.15, -0.1) is 0 Å². The average molecular weight is 287 g/mol. The predicted octanol–water partition coefficient (Wildman–Crippen LogP) is 2.97. The number of carbonyl (C=O) groups is 1. The smallest absolute Gasteiger partial charge is 0.255 e. The lowest BCUT2D eigenvalue weighted by Crippen LogP contribution is -2.12. The molecule has 2 rings (SSSR count). The molecule has 2 aromatic carbocycles. The monoisotopic (exact) mass is 287 g/mol. The molecule has 0 aromatic heterocycles. The summed E-state index contributed by atoms with van der Waals surface area (Å²) in [5.74, 6) is 0.930. The molecule has 21 heavy (non-hydrogen) atoms. The fourth-order valence-electron chi connectivity index (χ4n) is 1.83. The Kier molecular flexibility index (Phi) is 4.33. The van der Waals surface area contributed by atoms with Crippen molar-refractivity contribution in [3.63, 3.8) is 0 Å². The molecule has 5 heteroatoms. The molecule has 110 valence electrons. The number of phenols is 1. The van der Waals surface area contributed by atoms with E-state index in [9.17, 15) is 9.90 Å². The summed E-state index contributed by atoms with van der Waals surface area (Å²) in [6, 6.07) is 9.87. The fourth-order valence-corrected chi connectivity index (χ4v) is 1.83. The highest BCUT2D eigenvalue weighted by molar-refractivity contribution is 6.04. The van der Waals surface area contributed by atoms with Gasteiger partial charge in [-0.25, -0.2) is 0 Å². The first kappa shape index (κ1) is 14.7. The molecule has 0 aliphatic carbocycles. The zero-order chi connectivity index (χ0) is 15.4. The van der Waals surface area contributed by atoms with Gasteiger partial charge in [0.05, 0.1) is 14.2 Å². The number of aromatic hydroxyl groups is 1. The van der Waals surface area contributed by atoms with Crippen molar-refractivity contribution in [2.45, 2.75) is 6.92 Å². The van der Waals surface area contributed by atoms with Gasteiger partial charge in [0.15, 0.2) is 0 Å². The van der Waals surface area contributed by atoms with Crippen molar-refractivity contribution < 1.29 is 19.4 Å². The summed E-state index contributed by atoms with van der Waals surface area (Å²) in [7, 11) is 3.08. The molecule has 0 heterocycles. The first-order valence-electron chi connectivity index (χ1n) is 6.37. The van der Waals surface area contributed by atoms with Gasteiger partial charge in [0.1, 0.15) is 17.2 Å².